The van der Waals surface area contributed by atoms with Crippen LogP contribution in [-0.4, -0.2) is 22.1 Å². The third-order valence-electron chi connectivity index (χ3n) is 4.15. The van der Waals surface area contributed by atoms with Gasteiger partial charge in [-0.1, -0.05) is 44.1 Å². The average Bonchev–Trinajstić information content (AvgIpc) is 3.20. The third-order valence-corrected chi connectivity index (χ3v) is 4.15. The summed E-state index contributed by atoms with van der Waals surface area (Å²) < 4.78 is 10.6. The van der Waals surface area contributed by atoms with Crippen molar-refractivity contribution in [2.24, 2.45) is 0 Å². The number of hydrogen-bond acceptors (Lipinski definition) is 6. The summed E-state index contributed by atoms with van der Waals surface area (Å²) in [5.41, 5.74) is 1.30. The fourth-order valence-electron chi connectivity index (χ4n) is 2.49. The van der Waals surface area contributed by atoms with Gasteiger partial charge in [0.15, 0.2) is 11.9 Å². The molecule has 0 bridgehead atoms. The normalized spacial score (nSPS) is 12.1. The number of hydrogen-bond donors (Lipinski definition) is 2. The van der Waals surface area contributed by atoms with Crippen molar-refractivity contribution in [3.8, 4) is 0 Å². The summed E-state index contributed by atoms with van der Waals surface area (Å²) in [6.45, 7) is 7.57. The fraction of sp³-hybridized carbons (Fsp3) is 0.273. The number of urea groups is 1. The lowest BCUT2D eigenvalue weighted by atomic mass is 9.96. The van der Waals surface area contributed by atoms with Crippen LogP contribution in [0.3, 0.4) is 0 Å². The molecule has 0 aliphatic heterocycles. The molecule has 0 radical (unpaired) electrons. The molecule has 8 nitrogen and oxygen atoms in total. The highest BCUT2D eigenvalue weighted by molar-refractivity contribution is 6.00. The topological polar surface area (TPSA) is 106 Å². The number of para-hydroxylation sites is 1. The van der Waals surface area contributed by atoms with Gasteiger partial charge >= 0.3 is 12.0 Å². The van der Waals surface area contributed by atoms with Crippen LogP contribution in [0.2, 0.25) is 0 Å². The van der Waals surface area contributed by atoms with Gasteiger partial charge in [0.1, 0.15) is 0 Å². The first kappa shape index (κ1) is 21.0. The molecule has 2 amide bonds. The summed E-state index contributed by atoms with van der Waals surface area (Å²) in [6, 6.07) is 15.1. The summed E-state index contributed by atoms with van der Waals surface area (Å²) in [5, 5.41) is 9.36. The second-order valence-electron chi connectivity index (χ2n) is 7.78. The number of carbonyl (C=O) groups is 2. The number of ether oxygens (including phenoxy) is 1. The fourth-order valence-corrected chi connectivity index (χ4v) is 2.49. The predicted octanol–water partition coefficient (Wildman–Crippen LogP) is 4.93. The Morgan fingerprint density at radius 2 is 1.57 bits per heavy atom. The predicted molar refractivity (Wildman–Crippen MR) is 112 cm³/mol. The first-order chi connectivity index (χ1) is 14.2. The van der Waals surface area contributed by atoms with E-state index in [9.17, 15) is 9.59 Å². The minimum atomic E-state index is -0.685. The van der Waals surface area contributed by atoms with Crippen molar-refractivity contribution in [2.75, 3.05) is 10.6 Å². The van der Waals surface area contributed by atoms with Crippen molar-refractivity contribution in [3.05, 3.63) is 71.9 Å². The van der Waals surface area contributed by atoms with Crippen molar-refractivity contribution >= 4 is 23.4 Å². The number of nitrogens with zero attached hydrogens (tertiary/aromatic N) is 2. The molecule has 30 heavy (non-hydrogen) atoms. The van der Waals surface area contributed by atoms with Gasteiger partial charge in [0.25, 0.3) is 5.89 Å². The lowest BCUT2D eigenvalue weighted by Crippen LogP contribution is -2.19. The Hall–Kier alpha value is -3.68. The van der Waals surface area contributed by atoms with Gasteiger partial charge in [0.2, 0.25) is 0 Å². The Kier molecular flexibility index (Phi) is 6.15. The Morgan fingerprint density at radius 3 is 2.13 bits per heavy atom. The van der Waals surface area contributed by atoms with Crippen molar-refractivity contribution < 1.29 is 18.8 Å². The SMILES string of the molecule is CC(OC(=O)c1ccc(NC(=O)Nc2ccccc2)cc1)c1nc(C(C)(C)C)no1. The molecule has 0 aliphatic rings. The zero-order chi connectivity index (χ0) is 21.7. The van der Waals surface area contributed by atoms with Crippen LogP contribution in [0.5, 0.6) is 0 Å². The van der Waals surface area contributed by atoms with E-state index >= 15 is 0 Å². The lowest BCUT2D eigenvalue weighted by molar-refractivity contribution is 0.0265. The number of nitrogens with one attached hydrogen (secondary N) is 2. The Bertz CT molecular complexity index is 1010. The maximum atomic E-state index is 12.4. The molecule has 2 aromatic carbocycles. The van der Waals surface area contributed by atoms with E-state index in [1.54, 1.807) is 43.3 Å². The Balaban J connectivity index is 1.56. The molecule has 1 unspecified atom stereocenters. The first-order valence-electron chi connectivity index (χ1n) is 9.50. The van der Waals surface area contributed by atoms with Crippen LogP contribution in [0.15, 0.2) is 59.1 Å². The van der Waals surface area contributed by atoms with Crippen molar-refractivity contribution in [1.82, 2.24) is 10.1 Å². The molecule has 3 aromatic rings. The van der Waals surface area contributed by atoms with Gasteiger partial charge in [-0.15, -0.1) is 0 Å². The van der Waals surface area contributed by atoms with Gasteiger partial charge in [-0.2, -0.15) is 4.98 Å². The molecule has 8 heteroatoms. The van der Waals surface area contributed by atoms with E-state index in [1.807, 2.05) is 39.0 Å². The van der Waals surface area contributed by atoms with Crippen molar-refractivity contribution in [2.45, 2.75) is 39.2 Å². The highest BCUT2D eigenvalue weighted by Gasteiger charge is 2.25. The average molecular weight is 408 g/mol. The molecular weight excluding hydrogens is 384 g/mol. The maximum absolute atomic E-state index is 12.4. The summed E-state index contributed by atoms with van der Waals surface area (Å²) in [7, 11) is 0. The number of anilines is 2. The van der Waals surface area contributed by atoms with Crippen LogP contribution in [0.4, 0.5) is 16.2 Å². The molecule has 0 spiro atoms. The highest BCUT2D eigenvalue weighted by Crippen LogP contribution is 2.23. The summed E-state index contributed by atoms with van der Waals surface area (Å²) in [6.07, 6.45) is -0.685. The van der Waals surface area contributed by atoms with Crippen molar-refractivity contribution in [3.63, 3.8) is 0 Å². The molecule has 3 rings (SSSR count). The summed E-state index contributed by atoms with van der Waals surface area (Å²) >= 11 is 0. The van der Waals surface area contributed by atoms with E-state index in [1.165, 1.54) is 0 Å². The monoisotopic (exact) mass is 408 g/mol. The molecule has 1 atom stereocenters. The quantitative estimate of drug-likeness (QED) is 0.580. The number of esters is 1. The molecule has 1 heterocycles. The van der Waals surface area contributed by atoms with Gasteiger partial charge in [0.05, 0.1) is 5.56 Å². The molecule has 0 saturated carbocycles. The van der Waals surface area contributed by atoms with Crippen LogP contribution in [-0.2, 0) is 10.2 Å². The van der Waals surface area contributed by atoms with Crippen LogP contribution in [0, 0.1) is 0 Å². The summed E-state index contributed by atoms with van der Waals surface area (Å²) in [4.78, 5) is 28.7. The van der Waals surface area contributed by atoms with Gasteiger partial charge in [-0.3, -0.25) is 0 Å². The van der Waals surface area contributed by atoms with E-state index in [0.29, 0.717) is 22.8 Å². The Morgan fingerprint density at radius 1 is 0.967 bits per heavy atom. The van der Waals surface area contributed by atoms with E-state index in [2.05, 4.69) is 20.8 Å². The van der Waals surface area contributed by atoms with Gasteiger partial charge in [0, 0.05) is 16.8 Å². The third kappa shape index (κ3) is 5.44. The molecule has 0 fully saturated rings. The number of rotatable bonds is 5. The van der Waals surface area contributed by atoms with Crippen LogP contribution in [0.25, 0.3) is 0 Å². The zero-order valence-electron chi connectivity index (χ0n) is 17.3. The second kappa shape index (κ2) is 8.77. The second-order valence-corrected chi connectivity index (χ2v) is 7.78. The van der Waals surface area contributed by atoms with E-state index in [0.717, 1.165) is 0 Å². The van der Waals surface area contributed by atoms with E-state index in [-0.39, 0.29) is 17.3 Å². The largest absolute Gasteiger partial charge is 0.449 e. The minimum Gasteiger partial charge on any atom is -0.449 e. The number of amides is 2. The maximum Gasteiger partial charge on any atom is 0.338 e. The standard InChI is InChI=1S/C22H24N4O4/c1-14(18-25-20(26-30-18)22(2,3)4)29-19(27)15-10-12-17(13-11-15)24-21(28)23-16-8-6-5-7-9-16/h5-14H,1-4H3,(H2,23,24,28). The van der Waals surface area contributed by atoms with Crippen molar-refractivity contribution in [1.29, 1.82) is 0 Å². The molecule has 2 N–H and O–H groups in total. The van der Waals surface area contributed by atoms with E-state index < -0.39 is 12.1 Å². The zero-order valence-corrected chi connectivity index (χ0v) is 17.3. The summed E-state index contributed by atoms with van der Waals surface area (Å²) in [5.74, 6) is 0.257. The molecular formula is C22H24N4O4. The molecule has 0 aliphatic carbocycles. The van der Waals surface area contributed by atoms with Gasteiger partial charge < -0.3 is 19.9 Å². The molecule has 1 aromatic heterocycles. The van der Waals surface area contributed by atoms with Crippen LogP contribution in [0.1, 0.15) is 55.9 Å². The Labute approximate surface area is 174 Å². The smallest absolute Gasteiger partial charge is 0.338 e. The van der Waals surface area contributed by atoms with Crippen LogP contribution >= 0.6 is 0 Å². The number of aromatic nitrogens is 2. The van der Waals surface area contributed by atoms with Gasteiger partial charge in [-0.05, 0) is 43.3 Å². The number of benzene rings is 2. The minimum absolute atomic E-state index is 0.240. The molecule has 0 saturated heterocycles. The van der Waals surface area contributed by atoms with Crippen LogP contribution < -0.4 is 10.6 Å². The highest BCUT2D eigenvalue weighted by atomic mass is 16.6. The molecule has 156 valence electrons. The van der Waals surface area contributed by atoms with Gasteiger partial charge in [-0.25, -0.2) is 9.59 Å². The van der Waals surface area contributed by atoms with E-state index in [4.69, 9.17) is 9.26 Å². The number of carbonyl (C=O) groups excluding carboxylic acids is 2. The first-order valence-corrected chi connectivity index (χ1v) is 9.50. The lowest BCUT2D eigenvalue weighted by Gasteiger charge is -2.12.